The van der Waals surface area contributed by atoms with Gasteiger partial charge in [0.15, 0.2) is 12.4 Å². The summed E-state index contributed by atoms with van der Waals surface area (Å²) in [7, 11) is 1.49. The molecule has 0 aliphatic rings. The van der Waals surface area contributed by atoms with Crippen molar-refractivity contribution in [1.82, 2.24) is 0 Å². The highest BCUT2D eigenvalue weighted by molar-refractivity contribution is 6.00. The lowest BCUT2D eigenvalue weighted by molar-refractivity contribution is -0.0498. The van der Waals surface area contributed by atoms with Crippen molar-refractivity contribution < 1.29 is 37.0 Å². The predicted molar refractivity (Wildman–Crippen MR) is 94.6 cm³/mol. The molecule has 0 spiro atoms. The molecule has 0 bridgehead atoms. The van der Waals surface area contributed by atoms with Crippen LogP contribution in [0.25, 0.3) is 11.0 Å². The van der Waals surface area contributed by atoms with E-state index in [1.165, 1.54) is 31.4 Å². The Balaban J connectivity index is 1.69. The smallest absolute Gasteiger partial charge is 0.387 e. The van der Waals surface area contributed by atoms with Crippen molar-refractivity contribution in [3.8, 4) is 5.75 Å². The Morgan fingerprint density at radius 2 is 1.79 bits per heavy atom. The zero-order valence-corrected chi connectivity index (χ0v) is 14.8. The van der Waals surface area contributed by atoms with E-state index in [0.717, 1.165) is 5.39 Å². The zero-order valence-electron chi connectivity index (χ0n) is 14.8. The molecule has 1 aromatic heterocycles. The number of rotatable bonds is 8. The summed E-state index contributed by atoms with van der Waals surface area (Å²) in [6.45, 7) is -3.34. The highest BCUT2D eigenvalue weighted by Gasteiger charge is 2.22. The Bertz CT molecular complexity index is 978. The van der Waals surface area contributed by atoms with Gasteiger partial charge < -0.3 is 18.6 Å². The summed E-state index contributed by atoms with van der Waals surface area (Å²) in [5.41, 5.74) is 1.22. The van der Waals surface area contributed by atoms with Crippen LogP contribution in [-0.2, 0) is 16.1 Å². The Kier molecular flexibility index (Phi) is 6.00. The molecule has 0 unspecified atom stereocenters. The van der Waals surface area contributed by atoms with E-state index >= 15 is 0 Å². The molecule has 0 N–H and O–H groups in total. The molecule has 0 atom stereocenters. The standard InChI is InChI=1S/C20H16F2O6/c1-25-10-15-14-4-2-3-5-17(14)28-18(15)19(24)26-11-16(23)12-6-8-13(9-7-12)27-20(21)22/h2-9,20H,10-11H2,1H3. The van der Waals surface area contributed by atoms with Gasteiger partial charge in [-0.25, -0.2) is 4.79 Å². The number of halogens is 2. The van der Waals surface area contributed by atoms with Crippen molar-refractivity contribution in [3.05, 3.63) is 65.4 Å². The van der Waals surface area contributed by atoms with Crippen molar-refractivity contribution in [2.24, 2.45) is 0 Å². The third kappa shape index (κ3) is 4.34. The van der Waals surface area contributed by atoms with Crippen LogP contribution in [0.1, 0.15) is 26.5 Å². The van der Waals surface area contributed by atoms with Gasteiger partial charge >= 0.3 is 12.6 Å². The molecule has 1 heterocycles. The second-order valence-corrected chi connectivity index (χ2v) is 5.74. The Hall–Kier alpha value is -3.26. The number of ketones is 1. The Labute approximate surface area is 158 Å². The van der Waals surface area contributed by atoms with Gasteiger partial charge in [-0.3, -0.25) is 4.79 Å². The maximum atomic E-state index is 12.4. The number of carbonyl (C=O) groups is 2. The van der Waals surface area contributed by atoms with Crippen molar-refractivity contribution in [2.75, 3.05) is 13.7 Å². The largest absolute Gasteiger partial charge is 0.451 e. The third-order valence-electron chi connectivity index (χ3n) is 3.91. The fourth-order valence-electron chi connectivity index (χ4n) is 2.65. The minimum absolute atomic E-state index is 0.0310. The molecule has 2 aromatic carbocycles. The Morgan fingerprint density at radius 1 is 1.07 bits per heavy atom. The molecular weight excluding hydrogens is 374 g/mol. The maximum Gasteiger partial charge on any atom is 0.387 e. The van der Waals surface area contributed by atoms with Gasteiger partial charge in [-0.2, -0.15) is 8.78 Å². The molecule has 3 aromatic rings. The van der Waals surface area contributed by atoms with Crippen LogP contribution < -0.4 is 4.74 Å². The number of hydrogen-bond acceptors (Lipinski definition) is 6. The van der Waals surface area contributed by atoms with E-state index in [4.69, 9.17) is 13.9 Å². The Morgan fingerprint density at radius 3 is 2.46 bits per heavy atom. The minimum Gasteiger partial charge on any atom is -0.451 e. The quantitative estimate of drug-likeness (QED) is 0.424. The lowest BCUT2D eigenvalue weighted by Gasteiger charge is -2.06. The number of alkyl halides is 2. The molecule has 6 nitrogen and oxygen atoms in total. The molecule has 0 radical (unpaired) electrons. The van der Waals surface area contributed by atoms with Gasteiger partial charge in [0.25, 0.3) is 0 Å². The van der Waals surface area contributed by atoms with Gasteiger partial charge in [-0.1, -0.05) is 18.2 Å². The second kappa shape index (κ2) is 8.62. The van der Waals surface area contributed by atoms with E-state index in [9.17, 15) is 18.4 Å². The summed E-state index contributed by atoms with van der Waals surface area (Å²) >= 11 is 0. The monoisotopic (exact) mass is 390 g/mol. The summed E-state index contributed by atoms with van der Waals surface area (Å²) in [6, 6.07) is 12.2. The van der Waals surface area contributed by atoms with Gasteiger partial charge in [-0.05, 0) is 30.3 Å². The lowest BCUT2D eigenvalue weighted by Crippen LogP contribution is -2.15. The number of ether oxygens (including phenoxy) is 3. The van der Waals surface area contributed by atoms with Crippen molar-refractivity contribution in [1.29, 1.82) is 0 Å². The van der Waals surface area contributed by atoms with Gasteiger partial charge in [0, 0.05) is 23.6 Å². The number of furan rings is 1. The van der Waals surface area contributed by atoms with Gasteiger partial charge in [0.2, 0.25) is 5.76 Å². The topological polar surface area (TPSA) is 75.0 Å². The summed E-state index contributed by atoms with van der Waals surface area (Å²) < 4.78 is 44.3. The molecule has 8 heteroatoms. The average molecular weight is 390 g/mol. The molecule has 0 saturated heterocycles. The number of esters is 1. The highest BCUT2D eigenvalue weighted by Crippen LogP contribution is 2.27. The number of carbonyl (C=O) groups excluding carboxylic acids is 2. The molecule has 3 rings (SSSR count). The van der Waals surface area contributed by atoms with Gasteiger partial charge in [-0.15, -0.1) is 0 Å². The first kappa shape index (κ1) is 19.5. The molecule has 0 aliphatic heterocycles. The molecule has 28 heavy (non-hydrogen) atoms. The van der Waals surface area contributed by atoms with Crippen LogP contribution in [0, 0.1) is 0 Å². The van der Waals surface area contributed by atoms with Crippen molar-refractivity contribution in [3.63, 3.8) is 0 Å². The van der Waals surface area contributed by atoms with Crippen LogP contribution >= 0.6 is 0 Å². The number of methoxy groups -OCH3 is 1. The van der Waals surface area contributed by atoms with Crippen LogP contribution in [0.2, 0.25) is 0 Å². The number of para-hydroxylation sites is 1. The first-order valence-corrected chi connectivity index (χ1v) is 8.24. The third-order valence-corrected chi connectivity index (χ3v) is 3.91. The van der Waals surface area contributed by atoms with Gasteiger partial charge in [0.1, 0.15) is 11.3 Å². The number of benzene rings is 2. The molecule has 0 saturated carbocycles. The van der Waals surface area contributed by atoms with E-state index in [1.54, 1.807) is 24.3 Å². The second-order valence-electron chi connectivity index (χ2n) is 5.74. The fraction of sp³-hybridized carbons (Fsp3) is 0.200. The van der Waals surface area contributed by atoms with Crippen LogP contribution in [0.5, 0.6) is 5.75 Å². The summed E-state index contributed by atoms with van der Waals surface area (Å²) in [4.78, 5) is 24.6. The normalized spacial score (nSPS) is 11.0. The number of fused-ring (bicyclic) bond motifs is 1. The summed E-state index contributed by atoms with van der Waals surface area (Å²) in [5, 5.41) is 0.720. The molecule has 146 valence electrons. The fourth-order valence-corrected chi connectivity index (χ4v) is 2.65. The van der Waals surface area contributed by atoms with Crippen LogP contribution in [0.4, 0.5) is 8.78 Å². The summed E-state index contributed by atoms with van der Waals surface area (Å²) in [6.07, 6.45) is 0. The van der Waals surface area contributed by atoms with E-state index in [1.807, 2.05) is 0 Å². The van der Waals surface area contributed by atoms with Crippen LogP contribution in [-0.4, -0.2) is 32.1 Å². The summed E-state index contributed by atoms with van der Waals surface area (Å²) in [5.74, 6) is -1.40. The van der Waals surface area contributed by atoms with E-state index < -0.39 is 25.0 Å². The van der Waals surface area contributed by atoms with Crippen molar-refractivity contribution in [2.45, 2.75) is 13.2 Å². The first-order valence-electron chi connectivity index (χ1n) is 8.24. The minimum atomic E-state index is -2.95. The molecule has 0 fully saturated rings. The molecule has 0 aliphatic carbocycles. The first-order chi connectivity index (χ1) is 13.5. The van der Waals surface area contributed by atoms with E-state index in [0.29, 0.717) is 11.1 Å². The van der Waals surface area contributed by atoms with Crippen LogP contribution in [0.15, 0.2) is 52.9 Å². The molecular formula is C20H16F2O6. The predicted octanol–water partition coefficient (Wildman–Crippen LogP) is 4.22. The highest BCUT2D eigenvalue weighted by atomic mass is 19.3. The van der Waals surface area contributed by atoms with Crippen LogP contribution in [0.3, 0.4) is 0 Å². The zero-order chi connectivity index (χ0) is 20.1. The average Bonchev–Trinajstić information content (AvgIpc) is 3.05. The maximum absolute atomic E-state index is 12.4. The molecule has 0 amide bonds. The SMILES string of the molecule is COCc1c(C(=O)OCC(=O)c2ccc(OC(F)F)cc2)oc2ccccc12. The van der Waals surface area contributed by atoms with Gasteiger partial charge in [0.05, 0.1) is 6.61 Å². The van der Waals surface area contributed by atoms with E-state index in [-0.39, 0.29) is 23.7 Å². The number of hydrogen-bond donors (Lipinski definition) is 0. The van der Waals surface area contributed by atoms with Crippen molar-refractivity contribution >= 4 is 22.7 Å². The number of Topliss-reactive ketones (excluding diaryl/α,β-unsaturated/α-hetero) is 1. The lowest BCUT2D eigenvalue weighted by atomic mass is 10.1. The van der Waals surface area contributed by atoms with E-state index in [2.05, 4.69) is 4.74 Å².